The van der Waals surface area contributed by atoms with Crippen molar-refractivity contribution in [3.63, 3.8) is 0 Å². The summed E-state index contributed by atoms with van der Waals surface area (Å²) in [6.07, 6.45) is 1.10. The second kappa shape index (κ2) is 5.57. The molecule has 0 radical (unpaired) electrons. The lowest BCUT2D eigenvalue weighted by atomic mass is 10.0. The highest BCUT2D eigenvalue weighted by Crippen LogP contribution is 2.40. The van der Waals surface area contributed by atoms with Crippen molar-refractivity contribution in [3.8, 4) is 11.5 Å². The molecule has 7 heteroatoms. The molecule has 3 atom stereocenters. The minimum Gasteiger partial charge on any atom is -0.486 e. The summed E-state index contributed by atoms with van der Waals surface area (Å²) < 4.78 is 18.0. The standard InChI is InChI=1S/C15H19N3O3S/c1-8-6-10(9(16)7-21-8)17-15-18-13-12(22-15)3-2-11-14(13)20-5-4-19-11/h2-3,8-10H,4-7,16H2,1H3,(H,17,18)/t8-,9-,10+/m0/s1. The first kappa shape index (κ1) is 14.0. The van der Waals surface area contributed by atoms with Gasteiger partial charge in [-0.15, -0.1) is 0 Å². The van der Waals surface area contributed by atoms with Crippen LogP contribution < -0.4 is 20.5 Å². The molecule has 0 saturated carbocycles. The number of benzene rings is 1. The van der Waals surface area contributed by atoms with Gasteiger partial charge >= 0.3 is 0 Å². The molecule has 22 heavy (non-hydrogen) atoms. The SMILES string of the molecule is C[C@H]1C[C@@H](Nc2nc3c4c(ccc3s2)OCCO4)[C@@H](N)CO1. The summed E-state index contributed by atoms with van der Waals surface area (Å²) in [5.74, 6) is 1.52. The molecule has 0 unspecified atom stereocenters. The molecule has 1 saturated heterocycles. The van der Waals surface area contributed by atoms with Gasteiger partial charge in [0.05, 0.1) is 17.4 Å². The Hall–Kier alpha value is -1.57. The fraction of sp³-hybridized carbons (Fsp3) is 0.533. The molecule has 2 aliphatic heterocycles. The lowest BCUT2D eigenvalue weighted by Crippen LogP contribution is -2.49. The zero-order valence-electron chi connectivity index (χ0n) is 12.4. The van der Waals surface area contributed by atoms with Gasteiger partial charge in [-0.05, 0) is 25.5 Å². The van der Waals surface area contributed by atoms with E-state index in [-0.39, 0.29) is 18.2 Å². The molecule has 6 nitrogen and oxygen atoms in total. The fourth-order valence-electron chi connectivity index (χ4n) is 2.88. The summed E-state index contributed by atoms with van der Waals surface area (Å²) in [6, 6.07) is 4.13. The average molecular weight is 321 g/mol. The maximum Gasteiger partial charge on any atom is 0.188 e. The summed E-state index contributed by atoms with van der Waals surface area (Å²) >= 11 is 1.61. The maximum atomic E-state index is 6.14. The third kappa shape index (κ3) is 2.49. The molecule has 2 aromatic rings. The van der Waals surface area contributed by atoms with E-state index in [0.717, 1.165) is 33.3 Å². The molecule has 0 bridgehead atoms. The highest BCUT2D eigenvalue weighted by molar-refractivity contribution is 7.22. The van der Waals surface area contributed by atoms with Crippen molar-refractivity contribution in [1.29, 1.82) is 0 Å². The molecular weight excluding hydrogens is 302 g/mol. The average Bonchev–Trinajstić information content (AvgIpc) is 2.94. The Kier molecular flexibility index (Phi) is 3.56. The third-order valence-electron chi connectivity index (χ3n) is 4.05. The second-order valence-electron chi connectivity index (χ2n) is 5.75. The first-order valence-electron chi connectivity index (χ1n) is 7.53. The van der Waals surface area contributed by atoms with Crippen LogP contribution >= 0.6 is 11.3 Å². The lowest BCUT2D eigenvalue weighted by Gasteiger charge is -2.33. The number of nitrogens with one attached hydrogen (secondary N) is 1. The number of nitrogens with two attached hydrogens (primary N) is 1. The molecule has 1 aromatic carbocycles. The molecule has 4 rings (SSSR count). The number of nitrogens with zero attached hydrogens (tertiary/aromatic N) is 1. The number of fused-ring (bicyclic) bond motifs is 3. The first-order valence-corrected chi connectivity index (χ1v) is 8.35. The van der Waals surface area contributed by atoms with E-state index < -0.39 is 0 Å². The predicted octanol–water partition coefficient (Wildman–Crippen LogP) is 1.98. The monoisotopic (exact) mass is 321 g/mol. The van der Waals surface area contributed by atoms with Crippen LogP contribution in [0.1, 0.15) is 13.3 Å². The molecule has 0 spiro atoms. The van der Waals surface area contributed by atoms with E-state index in [2.05, 4.69) is 17.2 Å². The summed E-state index contributed by atoms with van der Waals surface area (Å²) in [5.41, 5.74) is 7.00. The molecular formula is C15H19N3O3S. The van der Waals surface area contributed by atoms with E-state index in [1.54, 1.807) is 11.3 Å². The Bertz CT molecular complexity index is 690. The second-order valence-corrected chi connectivity index (χ2v) is 6.78. The minimum atomic E-state index is -0.0169. The van der Waals surface area contributed by atoms with Crippen LogP contribution in [0.2, 0.25) is 0 Å². The van der Waals surface area contributed by atoms with E-state index in [9.17, 15) is 0 Å². The first-order chi connectivity index (χ1) is 10.7. The van der Waals surface area contributed by atoms with E-state index in [1.165, 1.54) is 0 Å². The van der Waals surface area contributed by atoms with Crippen molar-refractivity contribution in [2.75, 3.05) is 25.1 Å². The molecule has 118 valence electrons. The molecule has 3 heterocycles. The Labute approximate surface area is 132 Å². The summed E-state index contributed by atoms with van der Waals surface area (Å²) in [6.45, 7) is 3.80. The molecule has 0 aliphatic carbocycles. The van der Waals surface area contributed by atoms with E-state index >= 15 is 0 Å². The zero-order chi connectivity index (χ0) is 15.1. The third-order valence-corrected chi connectivity index (χ3v) is 5.00. The molecule has 0 amide bonds. The van der Waals surface area contributed by atoms with Crippen LogP contribution in [0.25, 0.3) is 10.2 Å². The molecule has 3 N–H and O–H groups in total. The highest BCUT2D eigenvalue weighted by atomic mass is 32.1. The number of hydrogen-bond donors (Lipinski definition) is 2. The van der Waals surface area contributed by atoms with Crippen molar-refractivity contribution in [2.24, 2.45) is 5.73 Å². The van der Waals surface area contributed by atoms with Gasteiger partial charge in [-0.1, -0.05) is 11.3 Å². The van der Waals surface area contributed by atoms with Gasteiger partial charge in [0.15, 0.2) is 16.6 Å². The largest absolute Gasteiger partial charge is 0.486 e. The number of thiazole rings is 1. The van der Waals surface area contributed by atoms with Crippen LogP contribution in [-0.2, 0) is 4.74 Å². The van der Waals surface area contributed by atoms with Gasteiger partial charge in [0.25, 0.3) is 0 Å². The van der Waals surface area contributed by atoms with Gasteiger partial charge < -0.3 is 25.3 Å². The van der Waals surface area contributed by atoms with Crippen LogP contribution in [0.15, 0.2) is 12.1 Å². The van der Waals surface area contributed by atoms with Crippen LogP contribution in [0.4, 0.5) is 5.13 Å². The Morgan fingerprint density at radius 3 is 3.09 bits per heavy atom. The maximum absolute atomic E-state index is 6.14. The van der Waals surface area contributed by atoms with Crippen molar-refractivity contribution >= 4 is 26.7 Å². The van der Waals surface area contributed by atoms with E-state index in [0.29, 0.717) is 19.8 Å². The quantitative estimate of drug-likeness (QED) is 0.880. The van der Waals surface area contributed by atoms with Gasteiger partial charge in [0.2, 0.25) is 0 Å². The summed E-state index contributed by atoms with van der Waals surface area (Å²) in [4.78, 5) is 4.69. The van der Waals surface area contributed by atoms with Crippen molar-refractivity contribution in [3.05, 3.63) is 12.1 Å². The predicted molar refractivity (Wildman–Crippen MR) is 86.0 cm³/mol. The highest BCUT2D eigenvalue weighted by Gasteiger charge is 2.27. The zero-order valence-corrected chi connectivity index (χ0v) is 13.2. The smallest absolute Gasteiger partial charge is 0.188 e. The van der Waals surface area contributed by atoms with E-state index in [4.69, 9.17) is 19.9 Å². The van der Waals surface area contributed by atoms with Crippen LogP contribution in [0.5, 0.6) is 11.5 Å². The van der Waals surface area contributed by atoms with Crippen molar-refractivity contribution in [2.45, 2.75) is 31.5 Å². The lowest BCUT2D eigenvalue weighted by molar-refractivity contribution is 0.0115. The number of aromatic nitrogens is 1. The fourth-order valence-corrected chi connectivity index (χ4v) is 3.80. The minimum absolute atomic E-state index is 0.0169. The van der Waals surface area contributed by atoms with Gasteiger partial charge in [0, 0.05) is 12.1 Å². The molecule has 1 fully saturated rings. The Morgan fingerprint density at radius 2 is 2.18 bits per heavy atom. The van der Waals surface area contributed by atoms with Crippen LogP contribution in [0.3, 0.4) is 0 Å². The van der Waals surface area contributed by atoms with Crippen LogP contribution in [0, 0.1) is 0 Å². The van der Waals surface area contributed by atoms with E-state index in [1.807, 2.05) is 12.1 Å². The topological polar surface area (TPSA) is 78.6 Å². The number of hydrogen-bond acceptors (Lipinski definition) is 7. The van der Waals surface area contributed by atoms with Crippen molar-refractivity contribution in [1.82, 2.24) is 4.98 Å². The number of anilines is 1. The molecule has 1 aromatic heterocycles. The Balaban J connectivity index is 1.62. The van der Waals surface area contributed by atoms with Crippen LogP contribution in [-0.4, -0.2) is 43.0 Å². The summed E-state index contributed by atoms with van der Waals surface area (Å²) in [5, 5.41) is 4.33. The normalized spacial score (nSPS) is 27.8. The van der Waals surface area contributed by atoms with Gasteiger partial charge in [0.1, 0.15) is 18.7 Å². The van der Waals surface area contributed by atoms with Gasteiger partial charge in [-0.25, -0.2) is 4.98 Å². The number of ether oxygens (including phenoxy) is 3. The molecule has 2 aliphatic rings. The van der Waals surface area contributed by atoms with Gasteiger partial charge in [-0.2, -0.15) is 0 Å². The number of rotatable bonds is 2. The Morgan fingerprint density at radius 1 is 1.32 bits per heavy atom. The van der Waals surface area contributed by atoms with Gasteiger partial charge in [-0.3, -0.25) is 0 Å². The van der Waals surface area contributed by atoms with Crippen molar-refractivity contribution < 1.29 is 14.2 Å². The summed E-state index contributed by atoms with van der Waals surface area (Å²) in [7, 11) is 0.